The van der Waals surface area contributed by atoms with Gasteiger partial charge in [0, 0.05) is 12.2 Å². The van der Waals surface area contributed by atoms with Crippen LogP contribution in [0.4, 0.5) is 18.9 Å². The molecule has 2 amide bonds. The molecule has 0 unspecified atom stereocenters. The molecule has 0 saturated heterocycles. The van der Waals surface area contributed by atoms with E-state index in [2.05, 4.69) is 16.6 Å². The lowest BCUT2D eigenvalue weighted by Crippen LogP contribution is -2.32. The monoisotopic (exact) mass is 402 g/mol. The van der Waals surface area contributed by atoms with E-state index in [-0.39, 0.29) is 17.8 Å². The van der Waals surface area contributed by atoms with Crippen molar-refractivity contribution in [3.8, 4) is 5.75 Å². The van der Waals surface area contributed by atoms with Crippen molar-refractivity contribution in [1.29, 1.82) is 0 Å². The van der Waals surface area contributed by atoms with Crippen LogP contribution < -0.4 is 10.1 Å². The van der Waals surface area contributed by atoms with Crippen molar-refractivity contribution >= 4 is 23.1 Å². The number of carbonyl (C=O) groups is 2. The van der Waals surface area contributed by atoms with Crippen molar-refractivity contribution in [3.63, 3.8) is 0 Å². The SMILES string of the molecule is C=CCN1C(=O)C(Nc2ccc(OC(F)(F)F)cc2)=C(c2ccc(C)cc2)C1=O. The van der Waals surface area contributed by atoms with E-state index in [0.29, 0.717) is 11.3 Å². The van der Waals surface area contributed by atoms with Gasteiger partial charge in [0.2, 0.25) is 0 Å². The first-order valence-corrected chi connectivity index (χ1v) is 8.61. The largest absolute Gasteiger partial charge is 0.573 e. The van der Waals surface area contributed by atoms with Crippen LogP contribution in [0.2, 0.25) is 0 Å². The summed E-state index contributed by atoms with van der Waals surface area (Å²) in [6.45, 7) is 5.49. The summed E-state index contributed by atoms with van der Waals surface area (Å²) in [5, 5.41) is 2.86. The van der Waals surface area contributed by atoms with E-state index in [1.807, 2.05) is 19.1 Å². The van der Waals surface area contributed by atoms with Gasteiger partial charge in [-0.3, -0.25) is 14.5 Å². The second kappa shape index (κ2) is 7.83. The third-order valence-corrected chi connectivity index (χ3v) is 4.18. The van der Waals surface area contributed by atoms with Crippen molar-refractivity contribution in [2.24, 2.45) is 0 Å². The van der Waals surface area contributed by atoms with Gasteiger partial charge in [-0.2, -0.15) is 0 Å². The highest BCUT2D eigenvalue weighted by atomic mass is 19.4. The molecule has 1 N–H and O–H groups in total. The van der Waals surface area contributed by atoms with Gasteiger partial charge in [0.25, 0.3) is 11.8 Å². The Labute approximate surface area is 165 Å². The average Bonchev–Trinajstić information content (AvgIpc) is 2.88. The molecular formula is C21H17F3N2O3. The summed E-state index contributed by atoms with van der Waals surface area (Å²) < 4.78 is 40.8. The minimum atomic E-state index is -4.80. The van der Waals surface area contributed by atoms with Gasteiger partial charge in [0.05, 0.1) is 5.57 Å². The van der Waals surface area contributed by atoms with E-state index >= 15 is 0 Å². The number of alkyl halides is 3. The summed E-state index contributed by atoms with van der Waals surface area (Å²) in [5.74, 6) is -1.41. The first-order chi connectivity index (χ1) is 13.7. The minimum absolute atomic E-state index is 0.0383. The van der Waals surface area contributed by atoms with Crippen molar-refractivity contribution in [1.82, 2.24) is 4.90 Å². The molecule has 0 aliphatic carbocycles. The van der Waals surface area contributed by atoms with Crippen LogP contribution in [0.1, 0.15) is 11.1 Å². The van der Waals surface area contributed by atoms with Gasteiger partial charge >= 0.3 is 6.36 Å². The zero-order chi connectivity index (χ0) is 21.2. The Morgan fingerprint density at radius 1 is 1.03 bits per heavy atom. The highest BCUT2D eigenvalue weighted by Crippen LogP contribution is 2.31. The van der Waals surface area contributed by atoms with Gasteiger partial charge in [-0.15, -0.1) is 19.8 Å². The standard InChI is InChI=1S/C21H17F3N2O3/c1-3-12-26-19(27)17(14-6-4-13(2)5-7-14)18(20(26)28)25-15-8-10-16(11-9-15)29-21(22,23)24/h3-11,25H,1,12H2,2H3. The molecule has 0 fully saturated rings. The highest BCUT2D eigenvalue weighted by molar-refractivity contribution is 6.36. The molecule has 2 aromatic rings. The molecule has 0 radical (unpaired) electrons. The number of benzene rings is 2. The van der Waals surface area contributed by atoms with Gasteiger partial charge in [-0.05, 0) is 36.8 Å². The normalized spacial score (nSPS) is 14.4. The molecule has 0 spiro atoms. The Hall–Kier alpha value is -3.55. The Morgan fingerprint density at radius 3 is 2.21 bits per heavy atom. The summed E-state index contributed by atoms with van der Waals surface area (Å²) in [4.78, 5) is 26.6. The maximum atomic E-state index is 12.8. The van der Waals surface area contributed by atoms with Gasteiger partial charge in [0.15, 0.2) is 0 Å². The van der Waals surface area contributed by atoms with Crippen LogP contribution in [0.3, 0.4) is 0 Å². The number of amides is 2. The molecule has 150 valence electrons. The maximum Gasteiger partial charge on any atom is 0.573 e. The van der Waals surface area contributed by atoms with Crippen molar-refractivity contribution in [2.75, 3.05) is 11.9 Å². The van der Waals surface area contributed by atoms with Crippen LogP contribution in [0.5, 0.6) is 5.75 Å². The Morgan fingerprint density at radius 2 is 1.66 bits per heavy atom. The number of hydrogen-bond acceptors (Lipinski definition) is 4. The smallest absolute Gasteiger partial charge is 0.406 e. The fraction of sp³-hybridized carbons (Fsp3) is 0.143. The van der Waals surface area contributed by atoms with Crippen LogP contribution in [0.15, 0.2) is 66.9 Å². The number of rotatable bonds is 6. The van der Waals surface area contributed by atoms with Crippen LogP contribution in [-0.2, 0) is 9.59 Å². The number of anilines is 1. The van der Waals surface area contributed by atoms with E-state index in [4.69, 9.17) is 0 Å². The lowest BCUT2D eigenvalue weighted by Gasteiger charge is -2.13. The number of halogens is 3. The van der Waals surface area contributed by atoms with E-state index in [9.17, 15) is 22.8 Å². The molecule has 3 rings (SSSR count). The first kappa shape index (κ1) is 20.2. The molecule has 5 nitrogen and oxygen atoms in total. The fourth-order valence-corrected chi connectivity index (χ4v) is 2.86. The first-order valence-electron chi connectivity index (χ1n) is 8.61. The quantitative estimate of drug-likeness (QED) is 0.579. The Balaban J connectivity index is 1.96. The zero-order valence-electron chi connectivity index (χ0n) is 15.4. The lowest BCUT2D eigenvalue weighted by atomic mass is 10.0. The molecule has 29 heavy (non-hydrogen) atoms. The Kier molecular flexibility index (Phi) is 5.45. The van der Waals surface area contributed by atoms with Crippen LogP contribution >= 0.6 is 0 Å². The second-order valence-corrected chi connectivity index (χ2v) is 6.32. The van der Waals surface area contributed by atoms with Gasteiger partial charge < -0.3 is 10.1 Å². The summed E-state index contributed by atoms with van der Waals surface area (Å²) in [7, 11) is 0. The third-order valence-electron chi connectivity index (χ3n) is 4.18. The topological polar surface area (TPSA) is 58.6 Å². The third kappa shape index (κ3) is 4.48. The molecule has 0 bridgehead atoms. The molecule has 1 aliphatic heterocycles. The van der Waals surface area contributed by atoms with Gasteiger partial charge in [-0.1, -0.05) is 35.9 Å². The highest BCUT2D eigenvalue weighted by Gasteiger charge is 2.38. The van der Waals surface area contributed by atoms with Crippen molar-refractivity contribution in [2.45, 2.75) is 13.3 Å². The molecule has 0 saturated carbocycles. The van der Waals surface area contributed by atoms with Crippen LogP contribution in [0.25, 0.3) is 5.57 Å². The molecule has 1 heterocycles. The number of nitrogens with one attached hydrogen (secondary N) is 1. The molecule has 8 heteroatoms. The van der Waals surface area contributed by atoms with Crippen molar-refractivity contribution in [3.05, 3.63) is 78.0 Å². The molecule has 2 aromatic carbocycles. The fourth-order valence-electron chi connectivity index (χ4n) is 2.86. The van der Waals surface area contributed by atoms with E-state index in [1.54, 1.807) is 12.1 Å². The summed E-state index contributed by atoms with van der Waals surface area (Å²) in [6.07, 6.45) is -3.36. The lowest BCUT2D eigenvalue weighted by molar-refractivity contribution is -0.274. The number of carbonyl (C=O) groups excluding carboxylic acids is 2. The molecule has 0 aromatic heterocycles. The van der Waals surface area contributed by atoms with Gasteiger partial charge in [0.1, 0.15) is 11.4 Å². The number of hydrogen-bond donors (Lipinski definition) is 1. The maximum absolute atomic E-state index is 12.8. The van der Waals surface area contributed by atoms with E-state index in [0.717, 1.165) is 22.6 Å². The minimum Gasteiger partial charge on any atom is -0.406 e. The summed E-state index contributed by atoms with van der Waals surface area (Å²) in [5.41, 5.74) is 2.11. The number of aryl methyl sites for hydroxylation is 1. The molecular weight excluding hydrogens is 385 g/mol. The van der Waals surface area contributed by atoms with E-state index in [1.165, 1.54) is 18.2 Å². The van der Waals surface area contributed by atoms with E-state index < -0.39 is 23.9 Å². The number of imide groups is 1. The second-order valence-electron chi connectivity index (χ2n) is 6.32. The van der Waals surface area contributed by atoms with Crippen LogP contribution in [-0.4, -0.2) is 29.6 Å². The van der Waals surface area contributed by atoms with Gasteiger partial charge in [-0.25, -0.2) is 0 Å². The predicted molar refractivity (Wildman–Crippen MR) is 102 cm³/mol. The average molecular weight is 402 g/mol. The number of nitrogens with zero attached hydrogens (tertiary/aromatic N) is 1. The zero-order valence-corrected chi connectivity index (χ0v) is 15.4. The van der Waals surface area contributed by atoms with Crippen molar-refractivity contribution < 1.29 is 27.5 Å². The molecule has 0 atom stereocenters. The summed E-state index contributed by atoms with van der Waals surface area (Å²) >= 11 is 0. The predicted octanol–water partition coefficient (Wildman–Crippen LogP) is 4.27. The van der Waals surface area contributed by atoms with Crippen LogP contribution in [0, 0.1) is 6.92 Å². The number of ether oxygens (including phenoxy) is 1. The molecule has 1 aliphatic rings. The Bertz CT molecular complexity index is 978. The summed E-state index contributed by atoms with van der Waals surface area (Å²) in [6, 6.07) is 12.0.